The summed E-state index contributed by atoms with van der Waals surface area (Å²) < 4.78 is 0. The molecule has 0 aliphatic carbocycles. The molecule has 2 N–H and O–H groups in total. The molecule has 22 heavy (non-hydrogen) atoms. The summed E-state index contributed by atoms with van der Waals surface area (Å²) in [5.41, 5.74) is 1.61. The average molecular weight is 292 g/mol. The van der Waals surface area contributed by atoms with Crippen molar-refractivity contribution in [2.75, 3.05) is 0 Å². The zero-order valence-corrected chi connectivity index (χ0v) is 11.9. The Morgan fingerprint density at radius 2 is 1.68 bits per heavy atom. The number of rotatable bonds is 4. The number of aliphatic carboxylic acids is 1. The minimum absolute atomic E-state index is 0.152. The highest BCUT2D eigenvalue weighted by Crippen LogP contribution is 2.29. The Kier molecular flexibility index (Phi) is 3.79. The van der Waals surface area contributed by atoms with Gasteiger partial charge in [0.15, 0.2) is 0 Å². The summed E-state index contributed by atoms with van der Waals surface area (Å²) in [5.74, 6) is -1.35. The van der Waals surface area contributed by atoms with Gasteiger partial charge in [0.25, 0.3) is 0 Å². The fraction of sp³-hybridized carbons (Fsp3) is 0.105. The third-order valence-electron chi connectivity index (χ3n) is 3.85. The molecule has 3 aromatic rings. The van der Waals surface area contributed by atoms with Gasteiger partial charge in [-0.25, -0.2) is 0 Å². The number of hydrogen-bond donors (Lipinski definition) is 2. The number of carboxylic acid groups (broad SMARTS) is 1. The van der Waals surface area contributed by atoms with Crippen LogP contribution in [0.25, 0.3) is 10.8 Å². The largest absolute Gasteiger partial charge is 0.508 e. The van der Waals surface area contributed by atoms with E-state index in [0.29, 0.717) is 6.42 Å². The molecular weight excluding hydrogens is 276 g/mol. The summed E-state index contributed by atoms with van der Waals surface area (Å²) in [7, 11) is 0. The van der Waals surface area contributed by atoms with Crippen molar-refractivity contribution >= 4 is 16.7 Å². The predicted molar refractivity (Wildman–Crippen MR) is 86.1 cm³/mol. The van der Waals surface area contributed by atoms with E-state index in [-0.39, 0.29) is 5.75 Å². The summed E-state index contributed by atoms with van der Waals surface area (Å²) in [5, 5.41) is 21.2. The molecule has 0 fully saturated rings. The number of fused-ring (bicyclic) bond motifs is 1. The first-order chi connectivity index (χ1) is 10.6. The molecule has 1 unspecified atom stereocenters. The molecule has 3 rings (SSSR count). The van der Waals surface area contributed by atoms with Crippen LogP contribution in [0, 0.1) is 0 Å². The van der Waals surface area contributed by atoms with Crippen LogP contribution >= 0.6 is 0 Å². The number of phenolic OH excluding ortho intramolecular Hbond substituents is 1. The average Bonchev–Trinajstić information content (AvgIpc) is 2.52. The van der Waals surface area contributed by atoms with Crippen molar-refractivity contribution in [3.8, 4) is 5.75 Å². The van der Waals surface area contributed by atoms with Crippen molar-refractivity contribution in [1.29, 1.82) is 0 Å². The second-order valence-corrected chi connectivity index (χ2v) is 5.33. The first kappa shape index (κ1) is 14.1. The predicted octanol–water partition coefficient (Wildman–Crippen LogP) is 3.96. The van der Waals surface area contributed by atoms with Gasteiger partial charge in [-0.05, 0) is 40.5 Å². The lowest BCUT2D eigenvalue weighted by atomic mass is 9.88. The molecule has 0 heterocycles. The molecule has 3 heteroatoms. The van der Waals surface area contributed by atoms with Crippen molar-refractivity contribution in [3.05, 3.63) is 77.9 Å². The number of carbonyl (C=O) groups is 1. The molecule has 0 amide bonds. The fourth-order valence-corrected chi connectivity index (χ4v) is 2.80. The van der Waals surface area contributed by atoms with Crippen molar-refractivity contribution in [3.63, 3.8) is 0 Å². The quantitative estimate of drug-likeness (QED) is 0.765. The van der Waals surface area contributed by atoms with Gasteiger partial charge < -0.3 is 10.2 Å². The van der Waals surface area contributed by atoms with Gasteiger partial charge in [0, 0.05) is 0 Å². The summed E-state index contributed by atoms with van der Waals surface area (Å²) in [6.45, 7) is 0. The van der Waals surface area contributed by atoms with E-state index in [1.807, 2.05) is 48.5 Å². The topological polar surface area (TPSA) is 57.5 Å². The maximum Gasteiger partial charge on any atom is 0.311 e. The minimum Gasteiger partial charge on any atom is -0.508 e. The molecule has 110 valence electrons. The lowest BCUT2D eigenvalue weighted by molar-refractivity contribution is -0.138. The van der Waals surface area contributed by atoms with E-state index in [1.54, 1.807) is 18.2 Å². The highest BCUT2D eigenvalue weighted by Gasteiger charge is 2.22. The lowest BCUT2D eigenvalue weighted by Gasteiger charge is -2.15. The Morgan fingerprint density at radius 3 is 2.45 bits per heavy atom. The number of aromatic hydroxyl groups is 1. The van der Waals surface area contributed by atoms with Crippen LogP contribution in [0.1, 0.15) is 17.0 Å². The Balaban J connectivity index is 2.05. The zero-order valence-electron chi connectivity index (χ0n) is 11.9. The van der Waals surface area contributed by atoms with Gasteiger partial charge in [-0.3, -0.25) is 4.79 Å². The molecule has 0 aliphatic rings. The number of phenols is 1. The second-order valence-electron chi connectivity index (χ2n) is 5.33. The van der Waals surface area contributed by atoms with E-state index in [4.69, 9.17) is 0 Å². The molecule has 0 radical (unpaired) electrons. The number of hydrogen-bond acceptors (Lipinski definition) is 2. The maximum atomic E-state index is 11.8. The van der Waals surface area contributed by atoms with Gasteiger partial charge in [0.1, 0.15) is 5.75 Å². The van der Waals surface area contributed by atoms with E-state index < -0.39 is 11.9 Å². The summed E-state index contributed by atoms with van der Waals surface area (Å²) in [6.07, 6.45) is 0.345. The third kappa shape index (κ3) is 2.79. The van der Waals surface area contributed by atoms with E-state index >= 15 is 0 Å². The van der Waals surface area contributed by atoms with Crippen LogP contribution < -0.4 is 0 Å². The molecule has 0 bridgehead atoms. The molecule has 3 aromatic carbocycles. The van der Waals surface area contributed by atoms with Crippen LogP contribution in [0.15, 0.2) is 66.7 Å². The highest BCUT2D eigenvalue weighted by atomic mass is 16.4. The van der Waals surface area contributed by atoms with E-state index in [9.17, 15) is 15.0 Å². The van der Waals surface area contributed by atoms with Crippen molar-refractivity contribution in [2.45, 2.75) is 12.3 Å². The fourth-order valence-electron chi connectivity index (χ4n) is 2.80. The zero-order chi connectivity index (χ0) is 15.5. The Labute approximate surface area is 128 Å². The first-order valence-electron chi connectivity index (χ1n) is 7.13. The lowest BCUT2D eigenvalue weighted by Crippen LogP contribution is -2.14. The molecule has 1 atom stereocenters. The first-order valence-corrected chi connectivity index (χ1v) is 7.13. The van der Waals surface area contributed by atoms with Crippen molar-refractivity contribution in [1.82, 2.24) is 0 Å². The third-order valence-corrected chi connectivity index (χ3v) is 3.85. The monoisotopic (exact) mass is 292 g/mol. The van der Waals surface area contributed by atoms with Crippen LogP contribution in [0.4, 0.5) is 0 Å². The van der Waals surface area contributed by atoms with Crippen LogP contribution in [0.5, 0.6) is 5.75 Å². The number of benzene rings is 3. The Morgan fingerprint density at radius 1 is 0.955 bits per heavy atom. The molecular formula is C19H16O3. The normalized spacial score (nSPS) is 12.2. The van der Waals surface area contributed by atoms with Crippen LogP contribution in [0.3, 0.4) is 0 Å². The standard InChI is InChI=1S/C19H16O3/c20-15-8-3-5-13(11-15)12-18(19(21)22)17-10-4-7-14-6-1-2-9-16(14)17/h1-11,18,20H,12H2,(H,21,22). The molecule has 0 saturated carbocycles. The maximum absolute atomic E-state index is 11.8. The highest BCUT2D eigenvalue weighted by molar-refractivity contribution is 5.90. The van der Waals surface area contributed by atoms with Gasteiger partial charge in [0.2, 0.25) is 0 Å². The Bertz CT molecular complexity index is 818. The van der Waals surface area contributed by atoms with Gasteiger partial charge in [0.05, 0.1) is 5.92 Å². The van der Waals surface area contributed by atoms with Crippen molar-refractivity contribution < 1.29 is 15.0 Å². The van der Waals surface area contributed by atoms with Crippen molar-refractivity contribution in [2.24, 2.45) is 0 Å². The van der Waals surface area contributed by atoms with Gasteiger partial charge >= 0.3 is 5.97 Å². The van der Waals surface area contributed by atoms with Crippen LogP contribution in [-0.4, -0.2) is 16.2 Å². The summed E-state index contributed by atoms with van der Waals surface area (Å²) in [4.78, 5) is 11.8. The Hall–Kier alpha value is -2.81. The van der Waals surface area contributed by atoms with Crippen LogP contribution in [-0.2, 0) is 11.2 Å². The molecule has 0 aromatic heterocycles. The summed E-state index contributed by atoms with van der Waals surface area (Å²) in [6, 6.07) is 20.3. The van der Waals surface area contributed by atoms with E-state index in [1.165, 1.54) is 0 Å². The van der Waals surface area contributed by atoms with E-state index in [2.05, 4.69) is 0 Å². The van der Waals surface area contributed by atoms with Gasteiger partial charge in [-0.1, -0.05) is 54.6 Å². The minimum atomic E-state index is -0.861. The molecule has 3 nitrogen and oxygen atoms in total. The number of carboxylic acids is 1. The van der Waals surface area contributed by atoms with Gasteiger partial charge in [-0.2, -0.15) is 0 Å². The van der Waals surface area contributed by atoms with Gasteiger partial charge in [-0.15, -0.1) is 0 Å². The molecule has 0 aliphatic heterocycles. The van der Waals surface area contributed by atoms with E-state index in [0.717, 1.165) is 21.9 Å². The molecule has 0 saturated heterocycles. The van der Waals surface area contributed by atoms with Crippen LogP contribution in [0.2, 0.25) is 0 Å². The second kappa shape index (κ2) is 5.90. The smallest absolute Gasteiger partial charge is 0.311 e. The summed E-state index contributed by atoms with van der Waals surface area (Å²) >= 11 is 0. The molecule has 0 spiro atoms. The SMILES string of the molecule is O=C(O)C(Cc1cccc(O)c1)c1cccc2ccccc12.